The quantitative estimate of drug-likeness (QED) is 0.818. The second kappa shape index (κ2) is 7.73. The molecule has 4 nitrogen and oxygen atoms in total. The summed E-state index contributed by atoms with van der Waals surface area (Å²) in [6, 6.07) is 8.79. The van der Waals surface area contributed by atoms with E-state index in [1.165, 1.54) is 19.3 Å². The van der Waals surface area contributed by atoms with Crippen LogP contribution >= 0.6 is 0 Å². The van der Waals surface area contributed by atoms with Gasteiger partial charge in [-0.3, -0.25) is 9.88 Å². The van der Waals surface area contributed by atoms with E-state index in [0.717, 1.165) is 55.2 Å². The number of hydrogen-bond donors (Lipinski definition) is 0. The van der Waals surface area contributed by atoms with Crippen molar-refractivity contribution >= 4 is 0 Å². The highest BCUT2D eigenvalue weighted by atomic mass is 16.5. The number of likely N-dealkylation sites (tertiary alicyclic amines) is 1. The van der Waals surface area contributed by atoms with E-state index in [0.29, 0.717) is 6.04 Å². The molecule has 1 atom stereocenters. The summed E-state index contributed by atoms with van der Waals surface area (Å²) in [5.74, 6) is 1.01. The first-order valence-electron chi connectivity index (χ1n) is 8.88. The molecule has 1 aliphatic rings. The normalized spacial score (nSPS) is 19.7. The van der Waals surface area contributed by atoms with Crippen LogP contribution in [0.15, 0.2) is 28.8 Å². The first kappa shape index (κ1) is 16.2. The molecule has 0 radical (unpaired) electrons. The minimum absolute atomic E-state index is 0.356. The molecule has 2 aromatic rings. The summed E-state index contributed by atoms with van der Waals surface area (Å²) in [7, 11) is 0. The molecule has 4 heteroatoms. The first-order valence-corrected chi connectivity index (χ1v) is 8.88. The van der Waals surface area contributed by atoms with E-state index >= 15 is 0 Å². The third-order valence-electron chi connectivity index (χ3n) is 4.59. The number of hydrogen-bond acceptors (Lipinski definition) is 4. The summed E-state index contributed by atoms with van der Waals surface area (Å²) < 4.78 is 5.52. The highest BCUT2D eigenvalue weighted by Crippen LogP contribution is 2.31. The van der Waals surface area contributed by atoms with Gasteiger partial charge in [-0.1, -0.05) is 31.0 Å². The van der Waals surface area contributed by atoms with Crippen molar-refractivity contribution in [2.24, 2.45) is 0 Å². The lowest BCUT2D eigenvalue weighted by atomic mass is 10.1. The molecule has 0 amide bonds. The Morgan fingerprint density at radius 2 is 2.17 bits per heavy atom. The Morgan fingerprint density at radius 1 is 1.26 bits per heavy atom. The van der Waals surface area contributed by atoms with Crippen molar-refractivity contribution in [1.29, 1.82) is 0 Å². The van der Waals surface area contributed by atoms with E-state index in [1.54, 1.807) is 0 Å². The number of aromatic nitrogens is 2. The Hall–Kier alpha value is -1.68. The van der Waals surface area contributed by atoms with E-state index < -0.39 is 0 Å². The molecule has 0 bridgehead atoms. The number of pyridine rings is 1. The SMILES string of the molecule is CCCc1cc(C2CCCCCN2Cc2cccc(C)n2)no1. The van der Waals surface area contributed by atoms with Crippen LogP contribution in [0.25, 0.3) is 0 Å². The van der Waals surface area contributed by atoms with Gasteiger partial charge in [-0.05, 0) is 44.9 Å². The minimum atomic E-state index is 0.356. The van der Waals surface area contributed by atoms with Crippen LogP contribution in [0.4, 0.5) is 0 Å². The largest absolute Gasteiger partial charge is 0.361 e. The van der Waals surface area contributed by atoms with Gasteiger partial charge in [-0.2, -0.15) is 0 Å². The van der Waals surface area contributed by atoms with Crippen molar-refractivity contribution < 1.29 is 4.52 Å². The molecule has 1 saturated heterocycles. The Bertz CT molecular complexity index is 623. The van der Waals surface area contributed by atoms with Crippen LogP contribution in [0.1, 0.15) is 67.9 Å². The standard InChI is InChI=1S/C19H27N3O/c1-3-8-17-13-18(21-23-17)19-11-5-4-6-12-22(19)14-16-10-7-9-15(2)20-16/h7,9-10,13,19H,3-6,8,11-12,14H2,1-2H3. The molecule has 0 aromatic carbocycles. The summed E-state index contributed by atoms with van der Waals surface area (Å²) in [6.07, 6.45) is 7.04. The predicted octanol–water partition coefficient (Wildman–Crippen LogP) is 4.45. The molecule has 0 spiro atoms. The summed E-state index contributed by atoms with van der Waals surface area (Å²) in [5, 5.41) is 4.37. The molecule has 2 aromatic heterocycles. The third-order valence-corrected chi connectivity index (χ3v) is 4.59. The fourth-order valence-corrected chi connectivity index (χ4v) is 3.44. The predicted molar refractivity (Wildman–Crippen MR) is 91.1 cm³/mol. The lowest BCUT2D eigenvalue weighted by Gasteiger charge is -2.28. The zero-order valence-electron chi connectivity index (χ0n) is 14.3. The van der Waals surface area contributed by atoms with Crippen molar-refractivity contribution in [2.75, 3.05) is 6.54 Å². The molecule has 0 N–H and O–H groups in total. The second-order valence-electron chi connectivity index (χ2n) is 6.57. The molecule has 0 saturated carbocycles. The van der Waals surface area contributed by atoms with Gasteiger partial charge < -0.3 is 4.52 Å². The van der Waals surface area contributed by atoms with Gasteiger partial charge in [0, 0.05) is 24.7 Å². The van der Waals surface area contributed by atoms with Crippen LogP contribution in [-0.4, -0.2) is 21.6 Å². The maximum absolute atomic E-state index is 5.52. The van der Waals surface area contributed by atoms with E-state index in [1.807, 2.05) is 0 Å². The van der Waals surface area contributed by atoms with Crippen LogP contribution in [0, 0.1) is 6.92 Å². The Kier molecular flexibility index (Phi) is 5.44. The fourth-order valence-electron chi connectivity index (χ4n) is 3.44. The van der Waals surface area contributed by atoms with Gasteiger partial charge in [0.25, 0.3) is 0 Å². The number of aryl methyl sites for hydroxylation is 2. The molecule has 3 rings (SSSR count). The van der Waals surface area contributed by atoms with Crippen LogP contribution in [0.3, 0.4) is 0 Å². The highest BCUT2D eigenvalue weighted by Gasteiger charge is 2.26. The second-order valence-corrected chi connectivity index (χ2v) is 6.57. The third kappa shape index (κ3) is 4.20. The zero-order chi connectivity index (χ0) is 16.1. The van der Waals surface area contributed by atoms with Crippen molar-refractivity contribution in [1.82, 2.24) is 15.0 Å². The molecule has 3 heterocycles. The van der Waals surface area contributed by atoms with Gasteiger partial charge in [0.15, 0.2) is 0 Å². The van der Waals surface area contributed by atoms with Crippen LogP contribution < -0.4 is 0 Å². The van der Waals surface area contributed by atoms with Crippen LogP contribution in [0.2, 0.25) is 0 Å². The molecule has 1 unspecified atom stereocenters. The Labute approximate surface area is 138 Å². The smallest absolute Gasteiger partial charge is 0.137 e. The molecule has 1 aliphatic heterocycles. The number of nitrogens with zero attached hydrogens (tertiary/aromatic N) is 3. The van der Waals surface area contributed by atoms with Crippen molar-refractivity contribution in [3.63, 3.8) is 0 Å². The molecular weight excluding hydrogens is 286 g/mol. The molecular formula is C19H27N3O. The topological polar surface area (TPSA) is 42.2 Å². The summed E-state index contributed by atoms with van der Waals surface area (Å²) in [6.45, 7) is 6.22. The average molecular weight is 313 g/mol. The van der Waals surface area contributed by atoms with Gasteiger partial charge in [0.2, 0.25) is 0 Å². The van der Waals surface area contributed by atoms with Crippen LogP contribution in [-0.2, 0) is 13.0 Å². The van der Waals surface area contributed by atoms with E-state index in [-0.39, 0.29) is 0 Å². The maximum Gasteiger partial charge on any atom is 0.137 e. The molecule has 0 aliphatic carbocycles. The fraction of sp³-hybridized carbons (Fsp3) is 0.579. The first-order chi connectivity index (χ1) is 11.3. The lowest BCUT2D eigenvalue weighted by Crippen LogP contribution is -2.28. The van der Waals surface area contributed by atoms with Gasteiger partial charge in [0.05, 0.1) is 11.7 Å². The van der Waals surface area contributed by atoms with Gasteiger partial charge in [0.1, 0.15) is 11.5 Å². The maximum atomic E-state index is 5.52. The Balaban J connectivity index is 1.79. The Morgan fingerprint density at radius 3 is 3.00 bits per heavy atom. The summed E-state index contributed by atoms with van der Waals surface area (Å²) >= 11 is 0. The van der Waals surface area contributed by atoms with Crippen molar-refractivity contribution in [3.8, 4) is 0 Å². The molecule has 124 valence electrons. The summed E-state index contributed by atoms with van der Waals surface area (Å²) in [5.41, 5.74) is 3.33. The molecule has 1 fully saturated rings. The van der Waals surface area contributed by atoms with Crippen LogP contribution in [0.5, 0.6) is 0 Å². The van der Waals surface area contributed by atoms with Gasteiger partial charge >= 0.3 is 0 Å². The lowest BCUT2D eigenvalue weighted by molar-refractivity contribution is 0.181. The van der Waals surface area contributed by atoms with E-state index in [2.05, 4.69) is 53.2 Å². The minimum Gasteiger partial charge on any atom is -0.361 e. The van der Waals surface area contributed by atoms with E-state index in [4.69, 9.17) is 4.52 Å². The number of rotatable bonds is 5. The van der Waals surface area contributed by atoms with Crippen molar-refractivity contribution in [2.45, 2.75) is 65.0 Å². The van der Waals surface area contributed by atoms with Gasteiger partial charge in [-0.25, -0.2) is 0 Å². The van der Waals surface area contributed by atoms with Gasteiger partial charge in [-0.15, -0.1) is 0 Å². The zero-order valence-corrected chi connectivity index (χ0v) is 14.3. The average Bonchev–Trinajstić information content (AvgIpc) is 2.87. The van der Waals surface area contributed by atoms with E-state index in [9.17, 15) is 0 Å². The molecule has 23 heavy (non-hydrogen) atoms. The monoisotopic (exact) mass is 313 g/mol. The summed E-state index contributed by atoms with van der Waals surface area (Å²) in [4.78, 5) is 7.21. The highest BCUT2D eigenvalue weighted by molar-refractivity contribution is 5.13. The van der Waals surface area contributed by atoms with Crippen molar-refractivity contribution in [3.05, 3.63) is 47.1 Å².